The molecule has 0 aromatic rings. The topological polar surface area (TPSA) is 64.6 Å². The van der Waals surface area contributed by atoms with Crippen molar-refractivity contribution in [2.45, 2.75) is 102 Å². The number of rotatable bonds is 3. The molecule has 23 heavy (non-hydrogen) atoms. The van der Waals surface area contributed by atoms with Crippen LogP contribution in [0.3, 0.4) is 0 Å². The number of amides is 1. The predicted molar refractivity (Wildman–Crippen MR) is 93.6 cm³/mol. The van der Waals surface area contributed by atoms with Crippen molar-refractivity contribution in [2.24, 2.45) is 0 Å². The third-order valence-corrected chi connectivity index (χ3v) is 6.58. The van der Waals surface area contributed by atoms with E-state index < -0.39 is 17.0 Å². The monoisotopic (exact) mass is 344 g/mol. The molecule has 1 amide bonds. The van der Waals surface area contributed by atoms with Gasteiger partial charge in [0, 0.05) is 17.4 Å². The van der Waals surface area contributed by atoms with Crippen LogP contribution in [0.15, 0.2) is 0 Å². The van der Waals surface area contributed by atoms with Gasteiger partial charge in [-0.25, -0.2) is 4.79 Å². The Labute approximate surface area is 143 Å². The Bertz CT molecular complexity index is 448. The number of hydrogen-bond acceptors (Lipinski definition) is 4. The maximum Gasteiger partial charge on any atom is 0.411 e. The molecule has 2 saturated heterocycles. The quantitative estimate of drug-likeness (QED) is 0.797. The lowest BCUT2D eigenvalue weighted by Crippen LogP contribution is -2.60. The van der Waals surface area contributed by atoms with E-state index in [9.17, 15) is 9.35 Å². The molecule has 0 aromatic carbocycles. The molecule has 0 saturated carbocycles. The highest BCUT2D eigenvalue weighted by Gasteiger charge is 2.58. The van der Waals surface area contributed by atoms with Crippen LogP contribution >= 0.6 is 0 Å². The zero-order chi connectivity index (χ0) is 17.6. The molecule has 2 heterocycles. The molecule has 0 aliphatic carbocycles. The smallest absolute Gasteiger partial charge is 0.411 e. The van der Waals surface area contributed by atoms with Gasteiger partial charge in [-0.1, -0.05) is 0 Å². The van der Waals surface area contributed by atoms with E-state index in [1.807, 2.05) is 46.4 Å². The number of carbonyl (C=O) groups is 1. The van der Waals surface area contributed by atoms with Crippen LogP contribution in [0, 0.1) is 0 Å². The SMILES string of the molecule is C[C@@H](N[S@+]([O-])C(C)(C)C)C12CCC(CC1)N2C(=O)OC(C)(C)C. The fourth-order valence-electron chi connectivity index (χ4n) is 3.70. The average Bonchev–Trinajstić information content (AvgIpc) is 2.91. The Morgan fingerprint density at radius 1 is 1.26 bits per heavy atom. The van der Waals surface area contributed by atoms with Crippen LogP contribution in [-0.4, -0.2) is 43.5 Å². The number of nitrogens with zero attached hydrogens (tertiary/aromatic N) is 1. The molecule has 0 radical (unpaired) electrons. The number of fused-ring (bicyclic) bond motifs is 2. The molecule has 2 bridgehead atoms. The molecule has 2 aliphatic heterocycles. The lowest BCUT2D eigenvalue weighted by atomic mass is 9.82. The first-order valence-electron chi connectivity index (χ1n) is 8.57. The van der Waals surface area contributed by atoms with E-state index >= 15 is 0 Å². The predicted octanol–water partition coefficient (Wildman–Crippen LogP) is 3.36. The molecular weight excluding hydrogens is 312 g/mol. The number of carbonyl (C=O) groups excluding carboxylic acids is 1. The molecule has 2 atom stereocenters. The van der Waals surface area contributed by atoms with Gasteiger partial charge in [-0.15, -0.1) is 4.72 Å². The average molecular weight is 345 g/mol. The van der Waals surface area contributed by atoms with Gasteiger partial charge in [0.05, 0.1) is 11.6 Å². The van der Waals surface area contributed by atoms with Crippen molar-refractivity contribution in [3.63, 3.8) is 0 Å². The minimum Gasteiger partial charge on any atom is -0.598 e. The Hall–Kier alpha value is -0.460. The van der Waals surface area contributed by atoms with E-state index in [0.29, 0.717) is 0 Å². The summed E-state index contributed by atoms with van der Waals surface area (Å²) in [5.74, 6) is 0. The van der Waals surface area contributed by atoms with Crippen molar-refractivity contribution < 1.29 is 14.1 Å². The standard InChI is InChI=1S/C17H32N2O3S/c1-12(18-23(21)16(5,6)7)17-10-8-13(9-11-17)19(17)14(20)22-15(2,3)4/h12-13,18H,8-11H2,1-7H3/t12-,13?,17?,23-/m1/s1. The van der Waals surface area contributed by atoms with Gasteiger partial charge in [0.2, 0.25) is 0 Å². The summed E-state index contributed by atoms with van der Waals surface area (Å²) in [7, 11) is 0. The van der Waals surface area contributed by atoms with E-state index in [4.69, 9.17) is 4.74 Å². The summed E-state index contributed by atoms with van der Waals surface area (Å²) in [6.45, 7) is 13.6. The van der Waals surface area contributed by atoms with Crippen molar-refractivity contribution in [3.05, 3.63) is 0 Å². The van der Waals surface area contributed by atoms with Crippen LogP contribution in [0.2, 0.25) is 0 Å². The zero-order valence-electron chi connectivity index (χ0n) is 15.6. The van der Waals surface area contributed by atoms with Crippen LogP contribution in [0.25, 0.3) is 0 Å². The Balaban J connectivity index is 2.16. The van der Waals surface area contributed by atoms with Gasteiger partial charge < -0.3 is 9.29 Å². The van der Waals surface area contributed by atoms with Crippen LogP contribution in [0.4, 0.5) is 4.79 Å². The van der Waals surface area contributed by atoms with Gasteiger partial charge >= 0.3 is 6.09 Å². The first-order valence-corrected chi connectivity index (χ1v) is 9.72. The van der Waals surface area contributed by atoms with E-state index in [0.717, 1.165) is 25.7 Å². The maximum absolute atomic E-state index is 12.7. The van der Waals surface area contributed by atoms with Gasteiger partial charge in [-0.2, -0.15) is 0 Å². The van der Waals surface area contributed by atoms with E-state index in [1.165, 1.54) is 0 Å². The summed E-state index contributed by atoms with van der Waals surface area (Å²) in [4.78, 5) is 14.7. The van der Waals surface area contributed by atoms with Gasteiger partial charge in [0.1, 0.15) is 10.3 Å². The van der Waals surface area contributed by atoms with E-state index in [-0.39, 0.29) is 28.5 Å². The highest BCUT2D eigenvalue weighted by Crippen LogP contribution is 2.49. The minimum atomic E-state index is -1.15. The third-order valence-electron chi connectivity index (χ3n) is 4.90. The van der Waals surface area contributed by atoms with Gasteiger partial charge in [-0.05, 0) is 74.1 Å². The van der Waals surface area contributed by atoms with Crippen molar-refractivity contribution in [2.75, 3.05) is 0 Å². The van der Waals surface area contributed by atoms with Crippen LogP contribution in [0.1, 0.15) is 74.1 Å². The normalized spacial score (nSPS) is 30.4. The number of nitrogens with one attached hydrogen (secondary N) is 1. The molecule has 0 spiro atoms. The second-order valence-corrected chi connectivity index (χ2v) is 10.9. The van der Waals surface area contributed by atoms with Gasteiger partial charge in [0.25, 0.3) is 0 Å². The zero-order valence-corrected chi connectivity index (χ0v) is 16.4. The van der Waals surface area contributed by atoms with Crippen LogP contribution < -0.4 is 4.72 Å². The second kappa shape index (κ2) is 6.12. The first-order chi connectivity index (χ1) is 10.4. The molecule has 1 N–H and O–H groups in total. The third kappa shape index (κ3) is 3.80. The molecule has 6 heteroatoms. The van der Waals surface area contributed by atoms with Crippen molar-refractivity contribution in [1.82, 2.24) is 9.62 Å². The second-order valence-electron chi connectivity index (χ2n) is 8.91. The van der Waals surface area contributed by atoms with Crippen LogP contribution in [-0.2, 0) is 16.1 Å². The fourth-order valence-corrected chi connectivity index (χ4v) is 4.59. The Morgan fingerprint density at radius 2 is 1.78 bits per heavy atom. The van der Waals surface area contributed by atoms with Crippen LogP contribution in [0.5, 0.6) is 0 Å². The van der Waals surface area contributed by atoms with Gasteiger partial charge in [-0.3, -0.25) is 4.90 Å². The first kappa shape index (κ1) is 18.9. The molecule has 134 valence electrons. The molecular formula is C17H32N2O3S. The molecule has 0 aromatic heterocycles. The lowest BCUT2D eigenvalue weighted by Gasteiger charge is -2.41. The molecule has 2 fully saturated rings. The molecule has 2 aliphatic rings. The highest BCUT2D eigenvalue weighted by atomic mass is 32.2. The highest BCUT2D eigenvalue weighted by molar-refractivity contribution is 7.90. The van der Waals surface area contributed by atoms with E-state index in [2.05, 4.69) is 11.6 Å². The molecule has 2 rings (SSSR count). The summed E-state index contributed by atoms with van der Waals surface area (Å²) in [5, 5.41) is 0. The minimum absolute atomic E-state index is 0.0254. The summed E-state index contributed by atoms with van der Waals surface area (Å²) < 4.78 is 21.0. The number of ether oxygens (including phenoxy) is 1. The Kier molecular flexibility index (Phi) is 5.02. The summed E-state index contributed by atoms with van der Waals surface area (Å²) in [6.07, 6.45) is 3.69. The summed E-state index contributed by atoms with van der Waals surface area (Å²) in [6, 6.07) is 0.236. The fraction of sp³-hybridized carbons (Fsp3) is 0.941. The largest absolute Gasteiger partial charge is 0.598 e. The van der Waals surface area contributed by atoms with Crippen molar-refractivity contribution in [1.29, 1.82) is 0 Å². The van der Waals surface area contributed by atoms with E-state index in [1.54, 1.807) is 0 Å². The summed E-state index contributed by atoms with van der Waals surface area (Å²) >= 11 is -1.15. The lowest BCUT2D eigenvalue weighted by molar-refractivity contribution is 0.00534. The van der Waals surface area contributed by atoms with Crippen molar-refractivity contribution >= 4 is 17.5 Å². The maximum atomic E-state index is 12.7. The Morgan fingerprint density at radius 3 is 2.22 bits per heavy atom. The van der Waals surface area contributed by atoms with Gasteiger partial charge in [0.15, 0.2) is 0 Å². The molecule has 5 nitrogen and oxygen atoms in total. The number of hydrogen-bond donors (Lipinski definition) is 1. The molecule has 0 unspecified atom stereocenters. The van der Waals surface area contributed by atoms with Crippen molar-refractivity contribution in [3.8, 4) is 0 Å². The summed E-state index contributed by atoms with van der Waals surface area (Å²) in [5.41, 5.74) is -0.765.